The third-order valence-corrected chi connectivity index (χ3v) is 8.55. The predicted octanol–water partition coefficient (Wildman–Crippen LogP) is 5.68. The van der Waals surface area contributed by atoms with Gasteiger partial charge in [0, 0.05) is 36.2 Å². The van der Waals surface area contributed by atoms with E-state index in [1.807, 2.05) is 12.1 Å². The molecule has 0 spiro atoms. The van der Waals surface area contributed by atoms with Crippen molar-refractivity contribution in [2.24, 2.45) is 0 Å². The number of benzene rings is 3. The Bertz CT molecular complexity index is 1750. The maximum Gasteiger partial charge on any atom is 0.407 e. The largest absolute Gasteiger partial charge is 0.465 e. The van der Waals surface area contributed by atoms with Crippen LogP contribution in [0.1, 0.15) is 24.7 Å². The summed E-state index contributed by atoms with van der Waals surface area (Å²) in [5.41, 5.74) is 2.76. The molecule has 0 radical (unpaired) electrons. The zero-order valence-corrected chi connectivity index (χ0v) is 20.4. The Labute approximate surface area is 211 Å². The van der Waals surface area contributed by atoms with Crippen LogP contribution in [-0.4, -0.2) is 46.6 Å². The van der Waals surface area contributed by atoms with E-state index < -0.39 is 21.9 Å². The summed E-state index contributed by atoms with van der Waals surface area (Å²) >= 11 is 0. The van der Waals surface area contributed by atoms with Crippen molar-refractivity contribution in [1.82, 2.24) is 13.9 Å². The van der Waals surface area contributed by atoms with Crippen molar-refractivity contribution in [2.75, 3.05) is 13.1 Å². The molecular weight excluding hydrogens is 497 g/mol. The summed E-state index contributed by atoms with van der Waals surface area (Å²) in [6.45, 7) is 0.853. The molecule has 0 aliphatic carbocycles. The van der Waals surface area contributed by atoms with Gasteiger partial charge in [0.1, 0.15) is 11.3 Å². The molecule has 0 unspecified atom stereocenters. The lowest BCUT2D eigenvalue weighted by Gasteiger charge is -2.28. The van der Waals surface area contributed by atoms with E-state index in [2.05, 4.69) is 4.98 Å². The van der Waals surface area contributed by atoms with Gasteiger partial charge in [-0.2, -0.15) is 0 Å². The molecule has 8 nitrogen and oxygen atoms in total. The van der Waals surface area contributed by atoms with E-state index in [0.717, 1.165) is 3.97 Å². The first-order valence-electron chi connectivity index (χ1n) is 11.8. The number of fused-ring (bicyclic) bond motifs is 2. The van der Waals surface area contributed by atoms with E-state index in [-0.39, 0.29) is 16.3 Å². The van der Waals surface area contributed by atoms with E-state index >= 15 is 0 Å². The molecule has 0 atom stereocenters. The average Bonchev–Trinajstić information content (AvgIpc) is 3.50. The number of carboxylic acid groups (broad SMARTS) is 1. The number of piperidine rings is 1. The third-order valence-electron chi connectivity index (χ3n) is 6.86. The Morgan fingerprint density at radius 2 is 1.78 bits per heavy atom. The number of nitrogens with zero attached hydrogens (tertiary/aromatic N) is 3. The highest BCUT2D eigenvalue weighted by Gasteiger charge is 2.27. The van der Waals surface area contributed by atoms with Gasteiger partial charge in [0.05, 0.1) is 10.4 Å². The fourth-order valence-electron chi connectivity index (χ4n) is 4.91. The summed E-state index contributed by atoms with van der Waals surface area (Å²) in [5.74, 6) is 0.0478. The fraction of sp³-hybridized carbons (Fsp3) is 0.185. The van der Waals surface area contributed by atoms with Gasteiger partial charge in [-0.1, -0.05) is 24.3 Å². The summed E-state index contributed by atoms with van der Waals surface area (Å²) in [4.78, 5) is 17.3. The molecule has 3 heterocycles. The predicted molar refractivity (Wildman–Crippen MR) is 135 cm³/mol. The molecule has 0 bridgehead atoms. The van der Waals surface area contributed by atoms with Crippen LogP contribution < -0.4 is 0 Å². The summed E-state index contributed by atoms with van der Waals surface area (Å²) in [6.07, 6.45) is 1.84. The van der Waals surface area contributed by atoms with E-state index in [1.54, 1.807) is 30.3 Å². The molecule has 0 saturated carbocycles. The molecule has 5 aromatic rings. The zero-order chi connectivity index (χ0) is 25.7. The lowest BCUT2D eigenvalue weighted by Crippen LogP contribution is -2.36. The quantitative estimate of drug-likeness (QED) is 0.327. The highest BCUT2D eigenvalue weighted by molar-refractivity contribution is 7.90. The van der Waals surface area contributed by atoms with Crippen molar-refractivity contribution in [3.63, 3.8) is 0 Å². The number of hydrogen-bond acceptors (Lipinski definition) is 5. The molecule has 3 aromatic carbocycles. The van der Waals surface area contributed by atoms with Gasteiger partial charge in [-0.15, -0.1) is 0 Å². The van der Waals surface area contributed by atoms with Gasteiger partial charge in [-0.25, -0.2) is 26.6 Å². The SMILES string of the molecule is O=C(O)N1CCC(c2nc3ccc(-c4cn(S(=O)(=O)c5ccccc5)c5cc(F)ccc45)cc3o2)CC1. The number of carbonyl (C=O) groups is 1. The van der Waals surface area contributed by atoms with Crippen LogP contribution in [0.4, 0.5) is 9.18 Å². The van der Waals surface area contributed by atoms with E-state index in [9.17, 15) is 22.7 Å². The summed E-state index contributed by atoms with van der Waals surface area (Å²) in [5, 5.41) is 9.77. The fourth-order valence-corrected chi connectivity index (χ4v) is 6.29. The molecule has 188 valence electrons. The van der Waals surface area contributed by atoms with Crippen molar-refractivity contribution in [3.05, 3.63) is 84.6 Å². The average molecular weight is 520 g/mol. The molecule has 6 rings (SSSR count). The Hall–Kier alpha value is -4.18. The van der Waals surface area contributed by atoms with Gasteiger partial charge in [0.2, 0.25) is 0 Å². The first-order valence-corrected chi connectivity index (χ1v) is 13.3. The smallest absolute Gasteiger partial charge is 0.407 e. The summed E-state index contributed by atoms with van der Waals surface area (Å²) in [6, 6.07) is 17.6. The number of halogens is 1. The van der Waals surface area contributed by atoms with Crippen molar-refractivity contribution >= 4 is 38.1 Å². The number of hydrogen-bond donors (Lipinski definition) is 1. The minimum absolute atomic E-state index is 0.0207. The molecule has 10 heteroatoms. The molecule has 1 amide bonds. The zero-order valence-electron chi connectivity index (χ0n) is 19.5. The number of oxazole rings is 1. The van der Waals surface area contributed by atoms with Crippen LogP contribution in [0.2, 0.25) is 0 Å². The molecule has 2 aromatic heterocycles. The highest BCUT2D eigenvalue weighted by atomic mass is 32.2. The van der Waals surface area contributed by atoms with Gasteiger partial charge < -0.3 is 14.4 Å². The Kier molecular flexibility index (Phi) is 5.49. The van der Waals surface area contributed by atoms with Crippen molar-refractivity contribution in [1.29, 1.82) is 0 Å². The first-order chi connectivity index (χ1) is 17.8. The van der Waals surface area contributed by atoms with Crippen LogP contribution in [0.5, 0.6) is 0 Å². The normalized spacial score (nSPS) is 15.0. The molecule has 1 fully saturated rings. The minimum Gasteiger partial charge on any atom is -0.465 e. The third kappa shape index (κ3) is 4.03. The van der Waals surface area contributed by atoms with Crippen molar-refractivity contribution in [2.45, 2.75) is 23.7 Å². The second-order valence-corrected chi connectivity index (χ2v) is 10.9. The van der Waals surface area contributed by atoms with Crippen molar-refractivity contribution in [3.8, 4) is 11.1 Å². The minimum atomic E-state index is -3.96. The Balaban J connectivity index is 1.41. The number of rotatable bonds is 4. The second kappa shape index (κ2) is 8.74. The maximum atomic E-state index is 14.2. The maximum absolute atomic E-state index is 14.2. The lowest BCUT2D eigenvalue weighted by molar-refractivity contribution is 0.129. The van der Waals surface area contributed by atoms with Crippen LogP contribution in [0.15, 0.2) is 82.2 Å². The molecule has 1 aliphatic heterocycles. The highest BCUT2D eigenvalue weighted by Crippen LogP contribution is 2.36. The number of amides is 1. The topological polar surface area (TPSA) is 106 Å². The molecule has 1 saturated heterocycles. The van der Waals surface area contributed by atoms with Crippen molar-refractivity contribution < 1.29 is 27.1 Å². The number of aromatic nitrogens is 2. The monoisotopic (exact) mass is 519 g/mol. The molecule has 1 N–H and O–H groups in total. The van der Waals surface area contributed by atoms with E-state index in [0.29, 0.717) is 59.4 Å². The lowest BCUT2D eigenvalue weighted by atomic mass is 9.97. The molecule has 1 aliphatic rings. The van der Waals surface area contributed by atoms with Crippen LogP contribution in [0.3, 0.4) is 0 Å². The first kappa shape index (κ1) is 23.2. The van der Waals surface area contributed by atoms with Gasteiger partial charge in [-0.05, 0) is 60.9 Å². The Morgan fingerprint density at radius 3 is 2.51 bits per heavy atom. The van der Waals surface area contributed by atoms with Gasteiger partial charge >= 0.3 is 6.09 Å². The van der Waals surface area contributed by atoms with Crippen LogP contribution in [0.25, 0.3) is 33.1 Å². The van der Waals surface area contributed by atoms with Crippen LogP contribution >= 0.6 is 0 Å². The summed E-state index contributed by atoms with van der Waals surface area (Å²) in [7, 11) is -3.96. The summed E-state index contributed by atoms with van der Waals surface area (Å²) < 4.78 is 48.3. The van der Waals surface area contributed by atoms with Crippen LogP contribution in [0, 0.1) is 5.82 Å². The molecule has 37 heavy (non-hydrogen) atoms. The standard InChI is InChI=1S/C27H22FN3O5S/c28-19-7-8-21-22(16-31(24(21)15-19)37(34,35)20-4-2-1-3-5-20)18-6-9-23-25(14-18)36-26(29-23)17-10-12-30(13-11-17)27(32)33/h1-9,14-17H,10-13H2,(H,32,33). The van der Waals surface area contributed by atoms with E-state index in [4.69, 9.17) is 4.42 Å². The molecular formula is C27H22FN3O5S. The van der Waals surface area contributed by atoms with E-state index in [1.165, 1.54) is 35.4 Å². The van der Waals surface area contributed by atoms with Gasteiger partial charge in [0.15, 0.2) is 11.5 Å². The van der Waals surface area contributed by atoms with Crippen LogP contribution in [-0.2, 0) is 10.0 Å². The number of likely N-dealkylation sites (tertiary alicyclic amines) is 1. The second-order valence-electron chi connectivity index (χ2n) is 9.10. The van der Waals surface area contributed by atoms with Gasteiger partial charge in [-0.3, -0.25) is 0 Å². The Morgan fingerprint density at radius 1 is 1.03 bits per heavy atom. The van der Waals surface area contributed by atoms with Gasteiger partial charge in [0.25, 0.3) is 10.0 Å².